The predicted octanol–water partition coefficient (Wildman–Crippen LogP) is 2.12. The fraction of sp³-hybridized carbons (Fsp3) is 0.417. The van der Waals surface area contributed by atoms with Gasteiger partial charge in [0.2, 0.25) is 0 Å². The monoisotopic (exact) mass is 249 g/mol. The predicted molar refractivity (Wildman–Crippen MR) is 71.4 cm³/mol. The first-order valence-electron chi connectivity index (χ1n) is 5.73. The number of nitrogen functional groups attached to an aromatic ring is 1. The van der Waals surface area contributed by atoms with E-state index in [0.29, 0.717) is 6.04 Å². The summed E-state index contributed by atoms with van der Waals surface area (Å²) in [5, 5.41) is 13.7. The largest absolute Gasteiger partial charge is 0.397 e. The molecule has 0 amide bonds. The van der Waals surface area contributed by atoms with Crippen LogP contribution < -0.4 is 11.1 Å². The van der Waals surface area contributed by atoms with Crippen molar-refractivity contribution in [2.45, 2.75) is 31.9 Å². The van der Waals surface area contributed by atoms with Gasteiger partial charge < -0.3 is 16.2 Å². The Bertz CT molecular complexity index is 560. The average molecular weight is 249 g/mol. The third-order valence-corrected chi connectivity index (χ3v) is 4.07. The number of aliphatic hydroxyl groups is 1. The number of anilines is 2. The van der Waals surface area contributed by atoms with Crippen molar-refractivity contribution in [1.29, 1.82) is 0 Å². The molecule has 0 unspecified atom stereocenters. The summed E-state index contributed by atoms with van der Waals surface area (Å²) in [6.45, 7) is 2.00. The fourth-order valence-electron chi connectivity index (χ4n) is 2.16. The molecule has 1 heterocycles. The molecule has 3 rings (SSSR count). The lowest BCUT2D eigenvalue weighted by atomic mass is 9.89. The number of nitrogens with zero attached hydrogens (tertiary/aromatic N) is 1. The maximum Gasteiger partial charge on any atom is 0.0907 e. The first-order chi connectivity index (χ1) is 8.11. The van der Waals surface area contributed by atoms with Crippen LogP contribution in [-0.4, -0.2) is 22.2 Å². The molecule has 2 aromatic rings. The highest BCUT2D eigenvalue weighted by molar-refractivity contribution is 7.18. The molecule has 0 radical (unpaired) electrons. The number of thiazole rings is 1. The number of hydrogen-bond donors (Lipinski definition) is 3. The lowest BCUT2D eigenvalue weighted by molar-refractivity contribution is 0.0837. The van der Waals surface area contributed by atoms with Crippen LogP contribution in [0.4, 0.5) is 11.4 Å². The van der Waals surface area contributed by atoms with E-state index in [9.17, 15) is 5.11 Å². The lowest BCUT2D eigenvalue weighted by Gasteiger charge is -2.33. The Morgan fingerprint density at radius 1 is 1.47 bits per heavy atom. The van der Waals surface area contributed by atoms with Crippen LogP contribution in [0.15, 0.2) is 12.1 Å². The first kappa shape index (κ1) is 10.8. The second-order valence-corrected chi connectivity index (χ2v) is 5.84. The van der Waals surface area contributed by atoms with E-state index in [0.717, 1.165) is 39.4 Å². The Morgan fingerprint density at radius 3 is 2.94 bits per heavy atom. The maximum atomic E-state index is 9.26. The molecule has 0 atom stereocenters. The number of aromatic nitrogens is 1. The van der Waals surface area contributed by atoms with Gasteiger partial charge >= 0.3 is 0 Å². The molecule has 90 valence electrons. The summed E-state index contributed by atoms with van der Waals surface area (Å²) in [6, 6.07) is 4.31. The molecule has 4 nitrogen and oxygen atoms in total. The van der Waals surface area contributed by atoms with Gasteiger partial charge in [-0.15, -0.1) is 11.3 Å². The first-order valence-corrected chi connectivity index (χ1v) is 6.55. The van der Waals surface area contributed by atoms with Crippen LogP contribution >= 0.6 is 11.3 Å². The second kappa shape index (κ2) is 3.85. The summed E-state index contributed by atoms with van der Waals surface area (Å²) in [4.78, 5) is 4.45. The molecule has 1 saturated carbocycles. The normalized spacial score (nSPS) is 23.6. The van der Waals surface area contributed by atoms with Gasteiger partial charge in [-0.25, -0.2) is 4.98 Å². The Kier molecular flexibility index (Phi) is 2.45. The van der Waals surface area contributed by atoms with Crippen LogP contribution in [-0.2, 0) is 0 Å². The number of benzene rings is 1. The molecular weight excluding hydrogens is 234 g/mol. The van der Waals surface area contributed by atoms with Gasteiger partial charge in [0.25, 0.3) is 0 Å². The van der Waals surface area contributed by atoms with Crippen molar-refractivity contribution >= 4 is 32.9 Å². The minimum absolute atomic E-state index is 0.154. The number of rotatable bonds is 2. The number of aryl methyl sites for hydroxylation is 1. The average Bonchev–Trinajstić information content (AvgIpc) is 2.55. The smallest absolute Gasteiger partial charge is 0.0907 e. The topological polar surface area (TPSA) is 71.2 Å². The van der Waals surface area contributed by atoms with Crippen LogP contribution in [0.1, 0.15) is 17.8 Å². The summed E-state index contributed by atoms with van der Waals surface area (Å²) in [5.74, 6) is 0. The third kappa shape index (κ3) is 1.96. The highest BCUT2D eigenvalue weighted by Gasteiger charge is 2.27. The molecule has 0 saturated heterocycles. The molecule has 1 aliphatic carbocycles. The van der Waals surface area contributed by atoms with Crippen molar-refractivity contribution < 1.29 is 5.11 Å². The van der Waals surface area contributed by atoms with Crippen molar-refractivity contribution in [3.05, 3.63) is 17.1 Å². The van der Waals surface area contributed by atoms with E-state index in [1.54, 1.807) is 11.3 Å². The van der Waals surface area contributed by atoms with E-state index in [1.165, 1.54) is 0 Å². The summed E-state index contributed by atoms with van der Waals surface area (Å²) >= 11 is 1.66. The van der Waals surface area contributed by atoms with Gasteiger partial charge in [-0.2, -0.15) is 0 Å². The molecule has 0 aliphatic heterocycles. The third-order valence-electron chi connectivity index (χ3n) is 3.14. The molecule has 1 aromatic carbocycles. The zero-order chi connectivity index (χ0) is 12.0. The van der Waals surface area contributed by atoms with Crippen molar-refractivity contribution in [2.75, 3.05) is 11.1 Å². The molecule has 1 aromatic heterocycles. The quantitative estimate of drug-likeness (QED) is 0.713. The van der Waals surface area contributed by atoms with E-state index in [4.69, 9.17) is 5.73 Å². The van der Waals surface area contributed by atoms with Crippen LogP contribution in [0.5, 0.6) is 0 Å². The number of nitrogens with two attached hydrogens (primary N) is 1. The maximum absolute atomic E-state index is 9.26. The summed E-state index contributed by atoms with van der Waals surface area (Å²) in [6.07, 6.45) is 1.44. The van der Waals surface area contributed by atoms with Crippen LogP contribution in [0.3, 0.4) is 0 Å². The van der Waals surface area contributed by atoms with Crippen molar-refractivity contribution in [3.8, 4) is 0 Å². The van der Waals surface area contributed by atoms with Gasteiger partial charge in [0, 0.05) is 6.04 Å². The van der Waals surface area contributed by atoms with Crippen molar-refractivity contribution in [3.63, 3.8) is 0 Å². The molecule has 5 heteroatoms. The SMILES string of the molecule is Cc1nc2cc(NC3CC(O)C3)c(N)cc2s1. The number of hydrogen-bond acceptors (Lipinski definition) is 5. The van der Waals surface area contributed by atoms with Crippen LogP contribution in [0.25, 0.3) is 10.2 Å². The second-order valence-electron chi connectivity index (χ2n) is 4.61. The molecule has 1 aliphatic rings. The van der Waals surface area contributed by atoms with Gasteiger partial charge in [0.15, 0.2) is 0 Å². The molecule has 17 heavy (non-hydrogen) atoms. The van der Waals surface area contributed by atoms with Gasteiger partial charge in [0.1, 0.15) is 0 Å². The summed E-state index contributed by atoms with van der Waals surface area (Å²) in [7, 11) is 0. The fourth-order valence-corrected chi connectivity index (χ4v) is 3.01. The van der Waals surface area contributed by atoms with Gasteiger partial charge in [-0.1, -0.05) is 0 Å². The lowest BCUT2D eigenvalue weighted by Crippen LogP contribution is -2.39. The Hall–Kier alpha value is -1.33. The number of nitrogens with one attached hydrogen (secondary N) is 1. The Morgan fingerprint density at radius 2 is 2.24 bits per heavy atom. The van der Waals surface area contributed by atoms with E-state index >= 15 is 0 Å². The summed E-state index contributed by atoms with van der Waals surface area (Å²) < 4.78 is 1.12. The van der Waals surface area contributed by atoms with E-state index in [-0.39, 0.29) is 6.10 Å². The standard InChI is InChI=1S/C12H15N3OS/c1-6-14-11-5-10(9(13)4-12(11)17-6)15-7-2-8(16)3-7/h4-5,7-8,15-16H,2-3,13H2,1H3. The number of fused-ring (bicyclic) bond motifs is 1. The van der Waals surface area contributed by atoms with Crippen LogP contribution in [0.2, 0.25) is 0 Å². The van der Waals surface area contributed by atoms with Crippen LogP contribution in [0, 0.1) is 6.92 Å². The van der Waals surface area contributed by atoms with Gasteiger partial charge in [-0.3, -0.25) is 0 Å². The van der Waals surface area contributed by atoms with Crippen molar-refractivity contribution in [1.82, 2.24) is 4.98 Å². The minimum atomic E-state index is -0.154. The zero-order valence-corrected chi connectivity index (χ0v) is 10.4. The van der Waals surface area contributed by atoms with Gasteiger partial charge in [0.05, 0.1) is 32.7 Å². The molecule has 0 spiro atoms. The Balaban J connectivity index is 1.90. The van der Waals surface area contributed by atoms with Gasteiger partial charge in [-0.05, 0) is 31.9 Å². The highest BCUT2D eigenvalue weighted by Crippen LogP contribution is 2.32. The molecule has 1 fully saturated rings. The van der Waals surface area contributed by atoms with Crippen molar-refractivity contribution in [2.24, 2.45) is 0 Å². The van der Waals surface area contributed by atoms with E-state index in [1.807, 2.05) is 19.1 Å². The molecular formula is C12H15N3OS. The van der Waals surface area contributed by atoms with E-state index < -0.39 is 0 Å². The molecule has 4 N–H and O–H groups in total. The number of aliphatic hydroxyl groups excluding tert-OH is 1. The van der Waals surface area contributed by atoms with E-state index in [2.05, 4.69) is 10.3 Å². The Labute approximate surface area is 103 Å². The molecule has 0 bridgehead atoms. The summed E-state index contributed by atoms with van der Waals surface area (Å²) in [5.41, 5.74) is 8.68. The minimum Gasteiger partial charge on any atom is -0.397 e. The zero-order valence-electron chi connectivity index (χ0n) is 9.60. The highest BCUT2D eigenvalue weighted by atomic mass is 32.1.